The Morgan fingerprint density at radius 3 is 2.03 bits per heavy atom. The smallest absolute Gasteiger partial charge is 0.416 e. The molecule has 2 N–H and O–H groups in total. The molecule has 0 amide bonds. The summed E-state index contributed by atoms with van der Waals surface area (Å²) in [6, 6.07) is 10.3. The fourth-order valence-corrected chi connectivity index (χ4v) is 4.06. The molecule has 0 saturated heterocycles. The van der Waals surface area contributed by atoms with Gasteiger partial charge in [0.2, 0.25) is 5.95 Å². The molecule has 0 aliphatic heterocycles. The van der Waals surface area contributed by atoms with Crippen molar-refractivity contribution in [3.05, 3.63) is 76.3 Å². The molecule has 0 bridgehead atoms. The van der Waals surface area contributed by atoms with Crippen molar-refractivity contribution in [3.8, 4) is 0 Å². The molecule has 0 saturated carbocycles. The molecule has 192 valence electrons. The predicted octanol–water partition coefficient (Wildman–Crippen LogP) is 6.18. The molecule has 1 aromatic heterocycles. The van der Waals surface area contributed by atoms with Crippen molar-refractivity contribution in [1.82, 2.24) is 9.97 Å². The number of hydrogen-bond donors (Lipinski definition) is 2. The van der Waals surface area contributed by atoms with Gasteiger partial charge >= 0.3 is 18.3 Å². The molecular weight excluding hydrogens is 510 g/mol. The number of nitrogens with one attached hydrogen (secondary N) is 1. The lowest BCUT2D eigenvalue weighted by Gasteiger charge is -2.18. The van der Waals surface area contributed by atoms with E-state index in [1.54, 1.807) is 14.1 Å². The number of thioether (sulfide) groups is 1. The van der Waals surface area contributed by atoms with E-state index in [1.165, 1.54) is 4.90 Å². The minimum atomic E-state index is -5.00. The van der Waals surface area contributed by atoms with E-state index in [-0.39, 0.29) is 34.0 Å². The van der Waals surface area contributed by atoms with Crippen molar-refractivity contribution in [2.24, 2.45) is 0 Å². The first kappa shape index (κ1) is 27.1. The van der Waals surface area contributed by atoms with Gasteiger partial charge < -0.3 is 15.3 Å². The zero-order chi connectivity index (χ0) is 26.7. The highest BCUT2D eigenvalue weighted by Gasteiger charge is 2.37. The largest absolute Gasteiger partial charge is 0.477 e. The predicted molar refractivity (Wildman–Crippen MR) is 123 cm³/mol. The Kier molecular flexibility index (Phi) is 8.02. The van der Waals surface area contributed by atoms with E-state index in [0.29, 0.717) is 17.9 Å². The average molecular weight is 530 g/mol. The topological polar surface area (TPSA) is 78.4 Å². The number of nitrogens with zero attached hydrogens (tertiary/aromatic N) is 3. The third kappa shape index (κ3) is 6.80. The van der Waals surface area contributed by atoms with Crippen molar-refractivity contribution >= 4 is 29.5 Å². The molecule has 0 spiro atoms. The maximum atomic E-state index is 13.2. The second-order valence-electron chi connectivity index (χ2n) is 7.79. The number of anilines is 2. The summed E-state index contributed by atoms with van der Waals surface area (Å²) in [6.07, 6.45) is -10.0. The first-order valence-electron chi connectivity index (χ1n) is 10.3. The standard InChI is InChI=1S/C23H20F6N4O2S/c1-33(2)21-31-18(17(20(34)35)19(32-21)36-12-13-6-4-3-5-7-13)30-11-14-8-15(22(24,25)26)10-16(9-14)23(27,28)29/h3-10H,11-12H2,1-2H3,(H,34,35)(H,30,31,32). The maximum Gasteiger partial charge on any atom is 0.416 e. The van der Waals surface area contributed by atoms with Gasteiger partial charge in [0.15, 0.2) is 0 Å². The number of alkyl halides is 6. The Hall–Kier alpha value is -3.48. The average Bonchev–Trinajstić information content (AvgIpc) is 2.80. The van der Waals surface area contributed by atoms with Crippen LogP contribution in [0, 0.1) is 0 Å². The van der Waals surface area contributed by atoms with E-state index in [1.807, 2.05) is 30.3 Å². The zero-order valence-corrected chi connectivity index (χ0v) is 19.7. The van der Waals surface area contributed by atoms with Crippen LogP contribution in [0.25, 0.3) is 0 Å². The Balaban J connectivity index is 1.99. The molecule has 1 heterocycles. The van der Waals surface area contributed by atoms with Crippen molar-refractivity contribution in [3.63, 3.8) is 0 Å². The Bertz CT molecular complexity index is 1200. The van der Waals surface area contributed by atoms with E-state index in [0.717, 1.165) is 17.3 Å². The third-order valence-electron chi connectivity index (χ3n) is 4.80. The van der Waals surface area contributed by atoms with Crippen LogP contribution in [-0.4, -0.2) is 35.1 Å². The van der Waals surface area contributed by atoms with E-state index in [2.05, 4.69) is 15.3 Å². The first-order valence-corrected chi connectivity index (χ1v) is 11.3. The van der Waals surface area contributed by atoms with Gasteiger partial charge in [-0.3, -0.25) is 0 Å². The van der Waals surface area contributed by atoms with Crippen LogP contribution in [0.3, 0.4) is 0 Å². The lowest BCUT2D eigenvalue weighted by molar-refractivity contribution is -0.143. The van der Waals surface area contributed by atoms with Gasteiger partial charge in [-0.1, -0.05) is 30.3 Å². The van der Waals surface area contributed by atoms with Crippen LogP contribution >= 0.6 is 11.8 Å². The number of carbonyl (C=O) groups is 1. The fraction of sp³-hybridized carbons (Fsp3) is 0.261. The van der Waals surface area contributed by atoms with E-state index in [9.17, 15) is 36.2 Å². The SMILES string of the molecule is CN(C)c1nc(NCc2cc(C(F)(F)F)cc(C(F)(F)F)c2)c(C(=O)O)c(SCc2ccccc2)n1. The normalized spacial score (nSPS) is 11.9. The van der Waals surface area contributed by atoms with E-state index >= 15 is 0 Å². The van der Waals surface area contributed by atoms with Crippen molar-refractivity contribution in [1.29, 1.82) is 0 Å². The molecule has 0 fully saturated rings. The lowest BCUT2D eigenvalue weighted by Crippen LogP contribution is -2.18. The monoisotopic (exact) mass is 530 g/mol. The number of rotatable bonds is 8. The van der Waals surface area contributed by atoms with Gasteiger partial charge in [0, 0.05) is 26.4 Å². The molecule has 0 atom stereocenters. The third-order valence-corrected chi connectivity index (χ3v) is 5.85. The molecule has 6 nitrogen and oxygen atoms in total. The molecule has 13 heteroatoms. The fourth-order valence-electron chi connectivity index (χ4n) is 3.09. The van der Waals surface area contributed by atoms with E-state index in [4.69, 9.17) is 0 Å². The van der Waals surface area contributed by atoms with Crippen LogP contribution in [0.5, 0.6) is 0 Å². The summed E-state index contributed by atoms with van der Waals surface area (Å²) in [6.45, 7) is -0.542. The second-order valence-corrected chi connectivity index (χ2v) is 8.76. The summed E-state index contributed by atoms with van der Waals surface area (Å²) in [4.78, 5) is 22.0. The maximum absolute atomic E-state index is 13.2. The van der Waals surface area contributed by atoms with Crippen molar-refractivity contribution in [2.75, 3.05) is 24.3 Å². The molecule has 0 unspecified atom stereocenters. The number of aromatic carboxylic acids is 1. The number of hydrogen-bond acceptors (Lipinski definition) is 6. The van der Waals surface area contributed by atoms with Crippen LogP contribution < -0.4 is 10.2 Å². The molecule has 0 aliphatic rings. The second kappa shape index (κ2) is 10.6. The Morgan fingerprint density at radius 1 is 0.944 bits per heavy atom. The Morgan fingerprint density at radius 2 is 1.53 bits per heavy atom. The van der Waals surface area contributed by atoms with Gasteiger partial charge in [0.1, 0.15) is 16.4 Å². The highest BCUT2D eigenvalue weighted by atomic mass is 32.2. The van der Waals surface area contributed by atoms with Gasteiger partial charge in [0.05, 0.1) is 11.1 Å². The number of aromatic nitrogens is 2. The Labute approximate surface area is 206 Å². The van der Waals surface area contributed by atoms with E-state index < -0.39 is 36.0 Å². The molecule has 0 aliphatic carbocycles. The number of carboxylic acid groups (broad SMARTS) is 1. The van der Waals surface area contributed by atoms with Crippen molar-refractivity contribution in [2.45, 2.75) is 29.7 Å². The van der Waals surface area contributed by atoms with Gasteiger partial charge in [-0.05, 0) is 29.3 Å². The van der Waals surface area contributed by atoms with Crippen LogP contribution in [-0.2, 0) is 24.7 Å². The summed E-state index contributed by atoms with van der Waals surface area (Å²) < 4.78 is 79.2. The zero-order valence-electron chi connectivity index (χ0n) is 18.9. The quantitative estimate of drug-likeness (QED) is 0.205. The minimum absolute atomic E-state index is 0.0271. The molecule has 36 heavy (non-hydrogen) atoms. The van der Waals surface area contributed by atoms with Crippen LogP contribution in [0.2, 0.25) is 0 Å². The highest BCUT2D eigenvalue weighted by molar-refractivity contribution is 7.98. The van der Waals surface area contributed by atoms with Gasteiger partial charge in [-0.2, -0.15) is 31.3 Å². The number of benzene rings is 2. The van der Waals surface area contributed by atoms with Gasteiger partial charge in [-0.15, -0.1) is 11.8 Å². The molecule has 0 radical (unpaired) electrons. The number of halogens is 6. The summed E-state index contributed by atoms with van der Waals surface area (Å²) in [5.41, 5.74) is -2.74. The minimum Gasteiger partial charge on any atom is -0.477 e. The number of carboxylic acids is 1. The summed E-state index contributed by atoms with van der Waals surface area (Å²) in [5.74, 6) is -1.16. The van der Waals surface area contributed by atoms with Crippen molar-refractivity contribution < 1.29 is 36.2 Å². The lowest BCUT2D eigenvalue weighted by atomic mass is 10.0. The molecule has 3 aromatic rings. The van der Waals surface area contributed by atoms with Crippen LogP contribution in [0.1, 0.15) is 32.6 Å². The van der Waals surface area contributed by atoms with Gasteiger partial charge in [0.25, 0.3) is 0 Å². The summed E-state index contributed by atoms with van der Waals surface area (Å²) >= 11 is 1.11. The summed E-state index contributed by atoms with van der Waals surface area (Å²) in [5, 5.41) is 12.5. The molecular formula is C23H20F6N4O2S. The van der Waals surface area contributed by atoms with Gasteiger partial charge in [-0.25, -0.2) is 9.78 Å². The first-order chi connectivity index (χ1) is 16.8. The highest BCUT2D eigenvalue weighted by Crippen LogP contribution is 2.37. The van der Waals surface area contributed by atoms with Crippen LogP contribution in [0.15, 0.2) is 53.6 Å². The van der Waals surface area contributed by atoms with Crippen LogP contribution in [0.4, 0.5) is 38.1 Å². The summed E-state index contributed by atoms with van der Waals surface area (Å²) in [7, 11) is 3.21. The molecule has 3 rings (SSSR count). The molecule has 2 aromatic carbocycles.